The summed E-state index contributed by atoms with van der Waals surface area (Å²) >= 11 is 0. The monoisotopic (exact) mass is 246 g/mol. The van der Waals surface area contributed by atoms with Crippen molar-refractivity contribution in [2.75, 3.05) is 11.1 Å². The predicted octanol–water partition coefficient (Wildman–Crippen LogP) is 3.58. The van der Waals surface area contributed by atoms with E-state index in [9.17, 15) is 0 Å². The largest absolute Gasteiger partial charge is 0.489 e. The Morgan fingerprint density at radius 3 is 2.83 bits per heavy atom. The predicted molar refractivity (Wildman–Crippen MR) is 77.0 cm³/mol. The van der Waals surface area contributed by atoms with Crippen LogP contribution >= 0.6 is 0 Å². The van der Waals surface area contributed by atoms with Gasteiger partial charge in [0.15, 0.2) is 0 Å². The number of hydrogen-bond donors (Lipinski definition) is 2. The normalized spacial score (nSPS) is 18.9. The molecule has 18 heavy (non-hydrogen) atoms. The minimum atomic E-state index is 0.139. The molecule has 1 aliphatic rings. The molecule has 0 aromatic heterocycles. The van der Waals surface area contributed by atoms with Crippen molar-refractivity contribution in [2.45, 2.75) is 45.3 Å². The number of benzene rings is 1. The number of anilines is 2. The third-order valence-corrected chi connectivity index (χ3v) is 3.02. The van der Waals surface area contributed by atoms with Crippen molar-refractivity contribution in [3.63, 3.8) is 0 Å². The molecule has 1 aliphatic carbocycles. The van der Waals surface area contributed by atoms with Crippen molar-refractivity contribution in [3.05, 3.63) is 30.4 Å². The fourth-order valence-electron chi connectivity index (χ4n) is 2.14. The van der Waals surface area contributed by atoms with Crippen LogP contribution in [0.4, 0.5) is 11.4 Å². The number of allylic oxidation sites excluding steroid dienone is 1. The SMILES string of the molecule is CC(C)Oc1cc(NC2CC=CCC2)ccc1N. The Kier molecular flexibility index (Phi) is 4.13. The summed E-state index contributed by atoms with van der Waals surface area (Å²) in [5.41, 5.74) is 7.68. The molecule has 1 atom stereocenters. The molecular weight excluding hydrogens is 224 g/mol. The van der Waals surface area contributed by atoms with Crippen LogP contribution in [0.3, 0.4) is 0 Å². The van der Waals surface area contributed by atoms with Crippen LogP contribution in [-0.2, 0) is 0 Å². The molecule has 3 heteroatoms. The van der Waals surface area contributed by atoms with Crippen LogP contribution in [-0.4, -0.2) is 12.1 Å². The molecule has 2 rings (SSSR count). The average Bonchev–Trinajstić information content (AvgIpc) is 2.34. The summed E-state index contributed by atoms with van der Waals surface area (Å²) in [6.07, 6.45) is 8.05. The number of ether oxygens (including phenoxy) is 1. The van der Waals surface area contributed by atoms with Crippen LogP contribution in [0.25, 0.3) is 0 Å². The summed E-state index contributed by atoms with van der Waals surface area (Å²) in [7, 11) is 0. The van der Waals surface area contributed by atoms with Crippen molar-refractivity contribution in [1.82, 2.24) is 0 Å². The summed E-state index contributed by atoms with van der Waals surface area (Å²) in [5.74, 6) is 0.765. The molecule has 0 bridgehead atoms. The molecule has 0 radical (unpaired) electrons. The van der Waals surface area contributed by atoms with Crippen LogP contribution in [0.5, 0.6) is 5.75 Å². The van der Waals surface area contributed by atoms with Gasteiger partial charge in [0.25, 0.3) is 0 Å². The van der Waals surface area contributed by atoms with Crippen LogP contribution in [0, 0.1) is 0 Å². The Hall–Kier alpha value is -1.64. The van der Waals surface area contributed by atoms with E-state index in [0.717, 1.165) is 24.3 Å². The summed E-state index contributed by atoms with van der Waals surface area (Å²) < 4.78 is 5.70. The van der Waals surface area contributed by atoms with E-state index >= 15 is 0 Å². The minimum Gasteiger partial charge on any atom is -0.489 e. The zero-order valence-corrected chi connectivity index (χ0v) is 11.1. The lowest BCUT2D eigenvalue weighted by Crippen LogP contribution is -2.20. The minimum absolute atomic E-state index is 0.139. The lowest BCUT2D eigenvalue weighted by atomic mass is 10.0. The number of rotatable bonds is 4. The van der Waals surface area contributed by atoms with Crippen molar-refractivity contribution in [2.24, 2.45) is 0 Å². The maximum Gasteiger partial charge on any atom is 0.144 e. The lowest BCUT2D eigenvalue weighted by Gasteiger charge is -2.21. The van der Waals surface area contributed by atoms with Crippen molar-refractivity contribution in [3.8, 4) is 5.75 Å². The molecule has 0 spiro atoms. The maximum atomic E-state index is 5.91. The number of nitrogen functional groups attached to an aromatic ring is 1. The summed E-state index contributed by atoms with van der Waals surface area (Å²) in [4.78, 5) is 0. The Balaban J connectivity index is 2.06. The fraction of sp³-hybridized carbons (Fsp3) is 0.467. The molecule has 1 aromatic rings. The van der Waals surface area contributed by atoms with Crippen molar-refractivity contribution < 1.29 is 4.74 Å². The third-order valence-electron chi connectivity index (χ3n) is 3.02. The van der Waals surface area contributed by atoms with Crippen molar-refractivity contribution in [1.29, 1.82) is 0 Å². The van der Waals surface area contributed by atoms with E-state index in [1.807, 2.05) is 32.0 Å². The van der Waals surface area contributed by atoms with Gasteiger partial charge in [0.1, 0.15) is 5.75 Å². The van der Waals surface area contributed by atoms with Gasteiger partial charge in [-0.2, -0.15) is 0 Å². The molecule has 98 valence electrons. The van der Waals surface area contributed by atoms with Gasteiger partial charge in [-0.1, -0.05) is 12.2 Å². The van der Waals surface area contributed by atoms with Gasteiger partial charge in [-0.05, 0) is 45.2 Å². The van der Waals surface area contributed by atoms with Crippen LogP contribution < -0.4 is 15.8 Å². The molecule has 1 aromatic carbocycles. The van der Waals surface area contributed by atoms with Gasteiger partial charge in [-0.3, -0.25) is 0 Å². The second kappa shape index (κ2) is 5.80. The number of hydrogen-bond acceptors (Lipinski definition) is 3. The highest BCUT2D eigenvalue weighted by molar-refractivity contribution is 5.61. The quantitative estimate of drug-likeness (QED) is 0.630. The Bertz CT molecular complexity index is 427. The molecular formula is C15H22N2O. The van der Waals surface area contributed by atoms with E-state index in [1.165, 1.54) is 6.42 Å². The van der Waals surface area contributed by atoms with Crippen molar-refractivity contribution >= 4 is 11.4 Å². The van der Waals surface area contributed by atoms with Gasteiger partial charge >= 0.3 is 0 Å². The number of nitrogens with two attached hydrogens (primary N) is 1. The zero-order chi connectivity index (χ0) is 13.0. The van der Waals surface area contributed by atoms with Gasteiger partial charge in [-0.25, -0.2) is 0 Å². The molecule has 0 heterocycles. The van der Waals surface area contributed by atoms with E-state index in [4.69, 9.17) is 10.5 Å². The molecule has 0 fully saturated rings. The van der Waals surface area contributed by atoms with Gasteiger partial charge in [0.05, 0.1) is 11.8 Å². The van der Waals surface area contributed by atoms with Gasteiger partial charge < -0.3 is 15.8 Å². The smallest absolute Gasteiger partial charge is 0.144 e. The molecule has 0 saturated carbocycles. The van der Waals surface area contributed by atoms with E-state index in [-0.39, 0.29) is 6.10 Å². The first-order valence-electron chi connectivity index (χ1n) is 6.63. The Morgan fingerprint density at radius 1 is 1.33 bits per heavy atom. The van der Waals surface area contributed by atoms with E-state index in [0.29, 0.717) is 11.7 Å². The highest BCUT2D eigenvalue weighted by atomic mass is 16.5. The number of nitrogens with one attached hydrogen (secondary N) is 1. The second-order valence-electron chi connectivity index (χ2n) is 5.04. The van der Waals surface area contributed by atoms with E-state index in [1.54, 1.807) is 0 Å². The maximum absolute atomic E-state index is 5.91. The Morgan fingerprint density at radius 2 is 2.17 bits per heavy atom. The zero-order valence-electron chi connectivity index (χ0n) is 11.1. The third kappa shape index (κ3) is 3.42. The first-order valence-corrected chi connectivity index (χ1v) is 6.63. The highest BCUT2D eigenvalue weighted by Crippen LogP contribution is 2.28. The molecule has 0 saturated heterocycles. The average molecular weight is 246 g/mol. The highest BCUT2D eigenvalue weighted by Gasteiger charge is 2.11. The van der Waals surface area contributed by atoms with Crippen LogP contribution in [0.2, 0.25) is 0 Å². The molecule has 3 nitrogen and oxygen atoms in total. The van der Waals surface area contributed by atoms with Gasteiger partial charge in [0, 0.05) is 17.8 Å². The first kappa shape index (κ1) is 12.8. The standard InChI is InChI=1S/C15H22N2O/c1-11(2)18-15-10-13(8-9-14(15)16)17-12-6-4-3-5-7-12/h3-4,8-12,17H,5-7,16H2,1-2H3. The lowest BCUT2D eigenvalue weighted by molar-refractivity contribution is 0.244. The topological polar surface area (TPSA) is 47.3 Å². The second-order valence-corrected chi connectivity index (χ2v) is 5.04. The van der Waals surface area contributed by atoms with E-state index in [2.05, 4.69) is 17.5 Å². The Labute approximate surface area is 109 Å². The van der Waals surface area contributed by atoms with Gasteiger partial charge in [0.2, 0.25) is 0 Å². The molecule has 0 aliphatic heterocycles. The summed E-state index contributed by atoms with van der Waals surface area (Å²) in [6.45, 7) is 4.01. The fourth-order valence-corrected chi connectivity index (χ4v) is 2.14. The van der Waals surface area contributed by atoms with Crippen LogP contribution in [0.15, 0.2) is 30.4 Å². The first-order chi connectivity index (χ1) is 8.65. The summed E-state index contributed by atoms with van der Waals surface area (Å²) in [5, 5.41) is 3.53. The molecule has 3 N–H and O–H groups in total. The molecule has 0 amide bonds. The van der Waals surface area contributed by atoms with E-state index < -0.39 is 0 Å². The molecule has 1 unspecified atom stereocenters. The van der Waals surface area contributed by atoms with Gasteiger partial charge in [-0.15, -0.1) is 0 Å². The summed E-state index contributed by atoms with van der Waals surface area (Å²) in [6, 6.07) is 6.43. The van der Waals surface area contributed by atoms with Crippen LogP contribution in [0.1, 0.15) is 33.1 Å².